The van der Waals surface area contributed by atoms with E-state index >= 15 is 0 Å². The molecular formula is C21H22N2O5. The molecule has 0 aliphatic rings. The Labute approximate surface area is 163 Å². The van der Waals surface area contributed by atoms with Crippen molar-refractivity contribution in [1.82, 2.24) is 0 Å². The Kier molecular flexibility index (Phi) is 6.92. The number of ether oxygens (including phenoxy) is 2. The highest BCUT2D eigenvalue weighted by Gasteiger charge is 2.14. The van der Waals surface area contributed by atoms with Crippen LogP contribution in [-0.4, -0.2) is 32.1 Å². The van der Waals surface area contributed by atoms with E-state index in [0.717, 1.165) is 22.9 Å². The average molecular weight is 382 g/mol. The molecule has 2 aromatic carbocycles. The first-order valence-corrected chi connectivity index (χ1v) is 8.48. The summed E-state index contributed by atoms with van der Waals surface area (Å²) >= 11 is 0. The molecule has 146 valence electrons. The van der Waals surface area contributed by atoms with Gasteiger partial charge in [-0.05, 0) is 49.2 Å². The monoisotopic (exact) mass is 382 g/mol. The second-order valence-corrected chi connectivity index (χ2v) is 5.98. The Bertz CT molecular complexity index is 934. The molecule has 2 aromatic rings. The minimum absolute atomic E-state index is 0.110. The van der Waals surface area contributed by atoms with Crippen molar-refractivity contribution in [3.05, 3.63) is 70.9 Å². The van der Waals surface area contributed by atoms with Gasteiger partial charge in [0.25, 0.3) is 5.91 Å². The molecule has 0 spiro atoms. The molecule has 28 heavy (non-hydrogen) atoms. The largest absolute Gasteiger partial charge is 0.466 e. The molecule has 0 aromatic heterocycles. The van der Waals surface area contributed by atoms with Gasteiger partial charge in [-0.2, -0.15) is 0 Å². The predicted molar refractivity (Wildman–Crippen MR) is 106 cm³/mol. The van der Waals surface area contributed by atoms with Gasteiger partial charge in [0.15, 0.2) is 0 Å². The molecule has 7 heteroatoms. The predicted octanol–water partition coefficient (Wildman–Crippen LogP) is 3.20. The van der Waals surface area contributed by atoms with Gasteiger partial charge in [0.2, 0.25) is 0 Å². The van der Waals surface area contributed by atoms with Crippen LogP contribution in [0.25, 0.3) is 0 Å². The van der Waals surface area contributed by atoms with Gasteiger partial charge in [0.05, 0.1) is 20.3 Å². The van der Waals surface area contributed by atoms with E-state index in [1.54, 1.807) is 24.3 Å². The second-order valence-electron chi connectivity index (χ2n) is 5.98. The summed E-state index contributed by atoms with van der Waals surface area (Å²) in [6.45, 7) is 3.90. The standard InChI is InChI=1S/C21H22N2O5/c1-13-7-5-10-17(14(13)2)23-20(25)15-8-6-9-16(11-15)22-18(21(26)28-4)12-19(24)27-3/h5-12,22H,1-4H3,(H,23,25)/b18-12+. The van der Waals surface area contributed by atoms with Crippen molar-refractivity contribution >= 4 is 29.2 Å². The Morgan fingerprint density at radius 2 is 1.64 bits per heavy atom. The summed E-state index contributed by atoms with van der Waals surface area (Å²) in [5.41, 5.74) is 3.50. The molecule has 0 aliphatic carbocycles. The van der Waals surface area contributed by atoms with Gasteiger partial charge in [0.1, 0.15) is 5.70 Å². The fourth-order valence-corrected chi connectivity index (χ4v) is 2.41. The molecule has 0 saturated heterocycles. The number of rotatable bonds is 6. The topological polar surface area (TPSA) is 93.7 Å². The van der Waals surface area contributed by atoms with E-state index in [-0.39, 0.29) is 11.6 Å². The van der Waals surface area contributed by atoms with E-state index in [4.69, 9.17) is 0 Å². The van der Waals surface area contributed by atoms with Crippen LogP contribution in [0.3, 0.4) is 0 Å². The Morgan fingerprint density at radius 3 is 2.32 bits per heavy atom. The molecule has 0 bridgehead atoms. The minimum Gasteiger partial charge on any atom is -0.466 e. The highest BCUT2D eigenvalue weighted by atomic mass is 16.5. The molecule has 2 rings (SSSR count). The lowest BCUT2D eigenvalue weighted by atomic mass is 10.1. The summed E-state index contributed by atoms with van der Waals surface area (Å²) in [4.78, 5) is 35.9. The van der Waals surface area contributed by atoms with Crippen molar-refractivity contribution in [2.45, 2.75) is 13.8 Å². The van der Waals surface area contributed by atoms with Crippen molar-refractivity contribution < 1.29 is 23.9 Å². The number of hydrogen-bond acceptors (Lipinski definition) is 6. The Morgan fingerprint density at radius 1 is 0.929 bits per heavy atom. The molecule has 1 amide bonds. The molecule has 0 heterocycles. The second kappa shape index (κ2) is 9.36. The van der Waals surface area contributed by atoms with Gasteiger partial charge in [0, 0.05) is 16.9 Å². The van der Waals surface area contributed by atoms with Crippen LogP contribution < -0.4 is 10.6 Å². The van der Waals surface area contributed by atoms with Gasteiger partial charge >= 0.3 is 11.9 Å². The van der Waals surface area contributed by atoms with Gasteiger partial charge in [-0.25, -0.2) is 9.59 Å². The van der Waals surface area contributed by atoms with Crippen molar-refractivity contribution in [3.8, 4) is 0 Å². The van der Waals surface area contributed by atoms with E-state index in [2.05, 4.69) is 20.1 Å². The lowest BCUT2D eigenvalue weighted by Crippen LogP contribution is -2.16. The van der Waals surface area contributed by atoms with Crippen LogP contribution >= 0.6 is 0 Å². The first kappa shape index (κ1) is 20.7. The number of carbonyl (C=O) groups is 3. The van der Waals surface area contributed by atoms with Gasteiger partial charge in [-0.1, -0.05) is 18.2 Å². The lowest BCUT2D eigenvalue weighted by molar-refractivity contribution is -0.138. The first-order valence-electron chi connectivity index (χ1n) is 8.48. The number of nitrogens with one attached hydrogen (secondary N) is 2. The molecule has 0 saturated carbocycles. The number of carbonyl (C=O) groups excluding carboxylic acids is 3. The minimum atomic E-state index is -0.740. The van der Waals surface area contributed by atoms with E-state index in [9.17, 15) is 14.4 Å². The van der Waals surface area contributed by atoms with Gasteiger partial charge in [-0.3, -0.25) is 4.79 Å². The van der Waals surface area contributed by atoms with Crippen LogP contribution in [-0.2, 0) is 19.1 Å². The molecule has 7 nitrogen and oxygen atoms in total. The third kappa shape index (κ3) is 5.20. The summed E-state index contributed by atoms with van der Waals surface area (Å²) < 4.78 is 9.19. The quantitative estimate of drug-likeness (QED) is 0.589. The average Bonchev–Trinajstić information content (AvgIpc) is 2.70. The van der Waals surface area contributed by atoms with Crippen molar-refractivity contribution in [1.29, 1.82) is 0 Å². The van der Waals surface area contributed by atoms with Gasteiger partial charge in [-0.15, -0.1) is 0 Å². The zero-order chi connectivity index (χ0) is 20.7. The Hall–Kier alpha value is -3.61. The molecule has 0 radical (unpaired) electrons. The van der Waals surface area contributed by atoms with Crippen LogP contribution in [0.5, 0.6) is 0 Å². The molecule has 0 aliphatic heterocycles. The van der Waals surface area contributed by atoms with Crippen LogP contribution in [0.1, 0.15) is 21.5 Å². The van der Waals surface area contributed by atoms with Crippen LogP contribution in [0.15, 0.2) is 54.2 Å². The molecule has 2 N–H and O–H groups in total. The zero-order valence-electron chi connectivity index (χ0n) is 16.2. The highest BCUT2D eigenvalue weighted by Crippen LogP contribution is 2.20. The third-order valence-electron chi connectivity index (χ3n) is 4.13. The Balaban J connectivity index is 2.23. The fraction of sp³-hybridized carbons (Fsp3) is 0.190. The first-order chi connectivity index (χ1) is 13.3. The number of benzene rings is 2. The number of esters is 2. The summed E-state index contributed by atoms with van der Waals surface area (Å²) in [7, 11) is 2.40. The summed E-state index contributed by atoms with van der Waals surface area (Å²) in [5, 5.41) is 5.66. The van der Waals surface area contributed by atoms with Crippen LogP contribution in [0.4, 0.5) is 11.4 Å². The van der Waals surface area contributed by atoms with Gasteiger partial charge < -0.3 is 20.1 Å². The zero-order valence-corrected chi connectivity index (χ0v) is 16.2. The molecule has 0 fully saturated rings. The summed E-state index contributed by atoms with van der Waals surface area (Å²) in [6.07, 6.45) is 0.981. The van der Waals surface area contributed by atoms with Crippen molar-refractivity contribution in [3.63, 3.8) is 0 Å². The van der Waals surface area contributed by atoms with E-state index in [0.29, 0.717) is 11.3 Å². The third-order valence-corrected chi connectivity index (χ3v) is 4.13. The van der Waals surface area contributed by atoms with Crippen molar-refractivity contribution in [2.75, 3.05) is 24.9 Å². The number of methoxy groups -OCH3 is 2. The summed E-state index contributed by atoms with van der Waals surface area (Å²) in [5.74, 6) is -1.75. The molecule has 0 unspecified atom stereocenters. The smallest absolute Gasteiger partial charge is 0.354 e. The number of amides is 1. The number of aryl methyl sites for hydroxylation is 1. The maximum atomic E-state index is 12.6. The number of hydrogen-bond donors (Lipinski definition) is 2. The fourth-order valence-electron chi connectivity index (χ4n) is 2.41. The summed E-state index contributed by atoms with van der Waals surface area (Å²) in [6, 6.07) is 12.2. The highest BCUT2D eigenvalue weighted by molar-refractivity contribution is 6.05. The SMILES string of the molecule is COC(=O)/C=C(/Nc1cccc(C(=O)Nc2cccc(C)c2C)c1)C(=O)OC. The van der Waals surface area contributed by atoms with E-state index in [1.807, 2.05) is 32.0 Å². The molecular weight excluding hydrogens is 360 g/mol. The van der Waals surface area contributed by atoms with Crippen molar-refractivity contribution in [2.24, 2.45) is 0 Å². The maximum Gasteiger partial charge on any atom is 0.354 e. The van der Waals surface area contributed by atoms with E-state index in [1.165, 1.54) is 14.2 Å². The van der Waals surface area contributed by atoms with Crippen LogP contribution in [0.2, 0.25) is 0 Å². The van der Waals surface area contributed by atoms with Crippen LogP contribution in [0, 0.1) is 13.8 Å². The van der Waals surface area contributed by atoms with E-state index < -0.39 is 11.9 Å². The number of anilines is 2. The lowest BCUT2D eigenvalue weighted by Gasteiger charge is -2.12. The maximum absolute atomic E-state index is 12.6. The normalized spacial score (nSPS) is 10.8. The molecule has 0 atom stereocenters.